The van der Waals surface area contributed by atoms with Gasteiger partial charge in [-0.1, -0.05) is 0 Å². The van der Waals surface area contributed by atoms with Gasteiger partial charge in [-0.05, 0) is 48.9 Å². The molecule has 218 valence electrons. The second-order valence-electron chi connectivity index (χ2n) is 9.80. The standard InChI is InChI=1S/C26H26F3N5O6S/c1-15-10-23(35)32-21-4-2-16(11-19(15)21)30-24(36)20-12-18(3-5-22(20)33-6-8-40-9-7-33)41(38,39)34-13-17(14-34)31-25(37)26(27,28)29/h2-5,10-12,17H,6-9,13-14H2,1H3,(H,30,36)(H,31,37)(H,32,35). The van der Waals surface area contributed by atoms with Crippen LogP contribution in [0.3, 0.4) is 0 Å². The number of anilines is 2. The Morgan fingerprint density at radius 2 is 1.76 bits per heavy atom. The molecule has 0 saturated carbocycles. The van der Waals surface area contributed by atoms with Crippen molar-refractivity contribution in [3.63, 3.8) is 0 Å². The number of H-pyrrole nitrogens is 1. The number of hydrogen-bond donors (Lipinski definition) is 3. The van der Waals surface area contributed by atoms with Crippen molar-refractivity contribution < 1.29 is 35.9 Å². The summed E-state index contributed by atoms with van der Waals surface area (Å²) in [6.45, 7) is 2.88. The van der Waals surface area contributed by atoms with Gasteiger partial charge in [-0.3, -0.25) is 14.4 Å². The highest BCUT2D eigenvalue weighted by Crippen LogP contribution is 2.30. The van der Waals surface area contributed by atoms with Gasteiger partial charge in [0.15, 0.2) is 0 Å². The number of pyridine rings is 1. The molecule has 0 spiro atoms. The lowest BCUT2D eigenvalue weighted by Gasteiger charge is -2.38. The van der Waals surface area contributed by atoms with E-state index < -0.39 is 34.1 Å². The van der Waals surface area contributed by atoms with E-state index in [1.165, 1.54) is 24.3 Å². The molecule has 0 aliphatic carbocycles. The number of hydrogen-bond acceptors (Lipinski definition) is 7. The van der Waals surface area contributed by atoms with Crippen LogP contribution < -0.4 is 21.1 Å². The third-order valence-corrected chi connectivity index (χ3v) is 8.78. The first-order chi connectivity index (χ1) is 19.3. The molecular weight excluding hydrogens is 567 g/mol. The van der Waals surface area contributed by atoms with Crippen LogP contribution in [0.1, 0.15) is 15.9 Å². The van der Waals surface area contributed by atoms with E-state index in [2.05, 4.69) is 10.3 Å². The van der Waals surface area contributed by atoms with Gasteiger partial charge in [0.25, 0.3) is 5.91 Å². The second-order valence-corrected chi connectivity index (χ2v) is 11.7. The average molecular weight is 594 g/mol. The van der Waals surface area contributed by atoms with Crippen LogP contribution in [0, 0.1) is 6.92 Å². The maximum Gasteiger partial charge on any atom is 0.471 e. The Morgan fingerprint density at radius 1 is 1.05 bits per heavy atom. The SMILES string of the molecule is Cc1cc(=O)[nH]c2ccc(NC(=O)c3cc(S(=O)(=O)N4CC(NC(=O)C(F)(F)F)C4)ccc3N3CCOCC3)cc12. The average Bonchev–Trinajstić information content (AvgIpc) is 2.90. The lowest BCUT2D eigenvalue weighted by molar-refractivity contribution is -0.175. The van der Waals surface area contributed by atoms with Gasteiger partial charge >= 0.3 is 12.1 Å². The number of nitrogens with zero attached hydrogens (tertiary/aromatic N) is 2. The summed E-state index contributed by atoms with van der Waals surface area (Å²) in [6.07, 6.45) is -5.07. The smallest absolute Gasteiger partial charge is 0.378 e. The summed E-state index contributed by atoms with van der Waals surface area (Å²) in [5, 5.41) is 5.28. The zero-order valence-electron chi connectivity index (χ0n) is 21.7. The number of benzene rings is 2. The van der Waals surface area contributed by atoms with E-state index in [0.29, 0.717) is 48.8 Å². The van der Waals surface area contributed by atoms with Crippen molar-refractivity contribution in [1.82, 2.24) is 14.6 Å². The van der Waals surface area contributed by atoms with Crippen LogP contribution in [0.4, 0.5) is 24.5 Å². The number of morpholine rings is 1. The number of fused-ring (bicyclic) bond motifs is 1. The molecule has 2 aliphatic heterocycles. The lowest BCUT2D eigenvalue weighted by Crippen LogP contribution is -2.62. The van der Waals surface area contributed by atoms with E-state index in [1.807, 2.05) is 4.90 Å². The Balaban J connectivity index is 1.42. The van der Waals surface area contributed by atoms with Crippen molar-refractivity contribution in [2.24, 2.45) is 0 Å². The van der Waals surface area contributed by atoms with Crippen LogP contribution in [0.15, 0.2) is 52.2 Å². The van der Waals surface area contributed by atoms with Crippen LogP contribution in [-0.4, -0.2) is 81.1 Å². The molecule has 3 aromatic rings. The van der Waals surface area contributed by atoms with Crippen LogP contribution >= 0.6 is 0 Å². The lowest BCUT2D eigenvalue weighted by atomic mass is 10.1. The zero-order valence-corrected chi connectivity index (χ0v) is 22.6. The van der Waals surface area contributed by atoms with Crippen LogP contribution in [0.25, 0.3) is 10.9 Å². The number of aryl methyl sites for hydroxylation is 1. The number of aromatic nitrogens is 1. The van der Waals surface area contributed by atoms with Crippen molar-refractivity contribution in [3.05, 3.63) is 63.9 Å². The molecule has 2 amide bonds. The topological polar surface area (TPSA) is 141 Å². The fraction of sp³-hybridized carbons (Fsp3) is 0.346. The summed E-state index contributed by atoms with van der Waals surface area (Å²) in [6, 6.07) is 9.51. The molecule has 0 atom stereocenters. The maximum absolute atomic E-state index is 13.6. The molecule has 11 nitrogen and oxygen atoms in total. The highest BCUT2D eigenvalue weighted by molar-refractivity contribution is 7.89. The molecule has 2 fully saturated rings. The summed E-state index contributed by atoms with van der Waals surface area (Å²) >= 11 is 0. The van der Waals surface area contributed by atoms with Gasteiger partial charge in [0.1, 0.15) is 0 Å². The van der Waals surface area contributed by atoms with Gasteiger partial charge < -0.3 is 25.3 Å². The van der Waals surface area contributed by atoms with E-state index in [-0.39, 0.29) is 29.1 Å². The minimum atomic E-state index is -5.07. The van der Waals surface area contributed by atoms with E-state index in [1.54, 1.807) is 30.4 Å². The molecule has 0 unspecified atom stereocenters. The highest BCUT2D eigenvalue weighted by atomic mass is 32.2. The minimum Gasteiger partial charge on any atom is -0.378 e. The summed E-state index contributed by atoms with van der Waals surface area (Å²) in [5.74, 6) is -2.72. The third kappa shape index (κ3) is 5.92. The normalized spacial score (nSPS) is 16.8. The Morgan fingerprint density at radius 3 is 2.44 bits per heavy atom. The molecule has 1 aromatic heterocycles. The van der Waals surface area contributed by atoms with Crippen molar-refractivity contribution in [1.29, 1.82) is 0 Å². The number of ether oxygens (including phenoxy) is 1. The number of nitrogens with one attached hydrogen (secondary N) is 3. The number of carbonyl (C=O) groups is 2. The Labute approximate surface area is 232 Å². The number of aromatic amines is 1. The highest BCUT2D eigenvalue weighted by Gasteiger charge is 2.44. The maximum atomic E-state index is 13.6. The third-order valence-electron chi connectivity index (χ3n) is 6.95. The number of sulfonamides is 1. The fourth-order valence-corrected chi connectivity index (χ4v) is 6.34. The molecule has 3 heterocycles. The van der Waals surface area contributed by atoms with Gasteiger partial charge in [0, 0.05) is 54.5 Å². The van der Waals surface area contributed by atoms with E-state index in [9.17, 15) is 36.0 Å². The number of carbonyl (C=O) groups excluding carboxylic acids is 2. The van der Waals surface area contributed by atoms with Gasteiger partial charge in [0.2, 0.25) is 15.6 Å². The minimum absolute atomic E-state index is 0.0775. The first-order valence-corrected chi connectivity index (χ1v) is 14.1. The van der Waals surface area contributed by atoms with Gasteiger partial charge in [-0.25, -0.2) is 8.42 Å². The van der Waals surface area contributed by atoms with Crippen LogP contribution in [0.2, 0.25) is 0 Å². The molecule has 15 heteroatoms. The zero-order chi connectivity index (χ0) is 29.5. The van der Waals surface area contributed by atoms with Crippen molar-refractivity contribution >= 4 is 44.1 Å². The fourth-order valence-electron chi connectivity index (χ4n) is 4.78. The van der Waals surface area contributed by atoms with Crippen LogP contribution in [-0.2, 0) is 19.6 Å². The number of alkyl halides is 3. The number of amides is 2. The van der Waals surface area contributed by atoms with Crippen molar-refractivity contribution in [3.8, 4) is 0 Å². The molecule has 3 N–H and O–H groups in total. The molecular formula is C26H26F3N5O6S. The molecule has 0 bridgehead atoms. The summed E-state index contributed by atoms with van der Waals surface area (Å²) < 4.78 is 70.5. The monoisotopic (exact) mass is 593 g/mol. The van der Waals surface area contributed by atoms with Gasteiger partial charge in [-0.2, -0.15) is 17.5 Å². The summed E-state index contributed by atoms with van der Waals surface area (Å²) in [5.41, 5.74) is 2.04. The first kappa shape index (κ1) is 28.6. The largest absolute Gasteiger partial charge is 0.471 e. The van der Waals surface area contributed by atoms with Gasteiger partial charge in [-0.15, -0.1) is 0 Å². The van der Waals surface area contributed by atoms with Crippen molar-refractivity contribution in [2.45, 2.75) is 24.0 Å². The molecule has 2 aliphatic rings. The molecule has 0 radical (unpaired) electrons. The molecule has 2 saturated heterocycles. The van der Waals surface area contributed by atoms with Gasteiger partial charge in [0.05, 0.1) is 29.7 Å². The van der Waals surface area contributed by atoms with E-state index in [0.717, 1.165) is 9.69 Å². The predicted molar refractivity (Wildman–Crippen MR) is 143 cm³/mol. The Bertz CT molecular complexity index is 1680. The quantitative estimate of drug-likeness (QED) is 0.397. The number of rotatable bonds is 6. The predicted octanol–water partition coefficient (Wildman–Crippen LogP) is 1.98. The van der Waals surface area contributed by atoms with E-state index >= 15 is 0 Å². The van der Waals surface area contributed by atoms with E-state index in [4.69, 9.17) is 4.74 Å². The Hall–Kier alpha value is -3.95. The molecule has 41 heavy (non-hydrogen) atoms. The summed E-state index contributed by atoms with van der Waals surface area (Å²) in [4.78, 5) is 40.9. The Kier molecular flexibility index (Phi) is 7.52. The number of halogens is 3. The summed E-state index contributed by atoms with van der Waals surface area (Å²) in [7, 11) is -4.18. The molecule has 5 rings (SSSR count). The first-order valence-electron chi connectivity index (χ1n) is 12.6. The molecule has 2 aromatic carbocycles. The second kappa shape index (κ2) is 10.8. The van der Waals surface area contributed by atoms with Crippen LogP contribution in [0.5, 0.6) is 0 Å². The van der Waals surface area contributed by atoms with Crippen molar-refractivity contribution in [2.75, 3.05) is 49.6 Å².